The lowest BCUT2D eigenvalue weighted by atomic mass is 9.98. The Balaban J connectivity index is 1.60. The van der Waals surface area contributed by atoms with Crippen LogP contribution in [0.2, 0.25) is 5.02 Å². The van der Waals surface area contributed by atoms with Crippen molar-refractivity contribution in [1.29, 1.82) is 0 Å². The first kappa shape index (κ1) is 21.9. The number of aromatic nitrogens is 3. The molecule has 3 aromatic rings. The molecule has 0 aliphatic carbocycles. The summed E-state index contributed by atoms with van der Waals surface area (Å²) in [6.07, 6.45) is 3.33. The number of halogens is 1. The summed E-state index contributed by atoms with van der Waals surface area (Å²) in [7, 11) is 0. The number of hydrogen-bond acceptors (Lipinski definition) is 4. The van der Waals surface area contributed by atoms with E-state index in [1.807, 2.05) is 47.4 Å². The predicted octanol–water partition coefficient (Wildman–Crippen LogP) is 5.53. The van der Waals surface area contributed by atoms with E-state index < -0.39 is 0 Å². The monoisotopic (exact) mass is 454 g/mol. The van der Waals surface area contributed by atoms with Gasteiger partial charge in [0.2, 0.25) is 5.91 Å². The number of likely N-dealkylation sites (tertiary alicyclic amines) is 1. The van der Waals surface area contributed by atoms with Gasteiger partial charge in [-0.1, -0.05) is 65.8 Å². The number of carbonyl (C=O) groups excluding carboxylic acids is 1. The predicted molar refractivity (Wildman–Crippen MR) is 126 cm³/mol. The molecule has 2 aromatic carbocycles. The van der Waals surface area contributed by atoms with Gasteiger partial charge in [-0.3, -0.25) is 9.36 Å². The van der Waals surface area contributed by atoms with Crippen LogP contribution in [-0.4, -0.2) is 43.4 Å². The minimum Gasteiger partial charge on any atom is -0.337 e. The zero-order valence-corrected chi connectivity index (χ0v) is 19.4. The van der Waals surface area contributed by atoms with Crippen molar-refractivity contribution in [3.63, 3.8) is 0 Å². The number of rotatable bonds is 6. The third kappa shape index (κ3) is 4.96. The molecule has 7 heteroatoms. The Morgan fingerprint density at radius 2 is 1.71 bits per heavy atom. The van der Waals surface area contributed by atoms with E-state index in [1.165, 1.54) is 18.2 Å². The molecule has 31 heavy (non-hydrogen) atoms. The number of carbonyl (C=O) groups is 1. The number of hydrogen-bond donors (Lipinski definition) is 0. The Morgan fingerprint density at radius 3 is 2.42 bits per heavy atom. The molecule has 4 rings (SSSR count). The molecule has 0 unspecified atom stereocenters. The highest BCUT2D eigenvalue weighted by atomic mass is 35.5. The van der Waals surface area contributed by atoms with E-state index in [0.29, 0.717) is 23.1 Å². The summed E-state index contributed by atoms with van der Waals surface area (Å²) in [4.78, 5) is 15.1. The van der Waals surface area contributed by atoms with Crippen LogP contribution in [0.25, 0.3) is 11.4 Å². The molecule has 1 fully saturated rings. The van der Waals surface area contributed by atoms with Gasteiger partial charge in [-0.05, 0) is 50.8 Å². The molecule has 0 N–H and O–H groups in total. The van der Waals surface area contributed by atoms with Gasteiger partial charge < -0.3 is 4.90 Å². The van der Waals surface area contributed by atoms with E-state index in [-0.39, 0.29) is 18.0 Å². The van der Waals surface area contributed by atoms with Crippen molar-refractivity contribution < 1.29 is 4.79 Å². The fourth-order valence-corrected chi connectivity index (χ4v) is 5.29. The van der Waals surface area contributed by atoms with E-state index in [2.05, 4.69) is 40.7 Å². The summed E-state index contributed by atoms with van der Waals surface area (Å²) in [6.45, 7) is 4.90. The van der Waals surface area contributed by atoms with Crippen LogP contribution in [0.15, 0.2) is 59.8 Å². The van der Waals surface area contributed by atoms with Crippen molar-refractivity contribution in [2.45, 2.75) is 56.9 Å². The standard InChI is InChI=1S/C24H27ClN4OS/c1-17-9-8-10-18(2)29(17)22(30)16-31-24-27-26-23(20-13-6-7-14-21(20)25)28(24)15-19-11-4-3-5-12-19/h3-7,11-14,17-18H,8-10,15-16H2,1-2H3/t17-,18-/m1/s1. The van der Waals surface area contributed by atoms with Crippen LogP contribution < -0.4 is 0 Å². The second-order valence-electron chi connectivity index (χ2n) is 8.08. The third-order valence-electron chi connectivity index (χ3n) is 5.82. The van der Waals surface area contributed by atoms with Crippen molar-refractivity contribution in [2.24, 2.45) is 0 Å². The van der Waals surface area contributed by atoms with Crippen LogP contribution >= 0.6 is 23.4 Å². The maximum absolute atomic E-state index is 13.0. The first-order valence-corrected chi connectivity index (χ1v) is 12.1. The lowest BCUT2D eigenvalue weighted by Crippen LogP contribution is -2.48. The van der Waals surface area contributed by atoms with Gasteiger partial charge >= 0.3 is 0 Å². The van der Waals surface area contributed by atoms with E-state index >= 15 is 0 Å². The first-order chi connectivity index (χ1) is 15.0. The highest BCUT2D eigenvalue weighted by molar-refractivity contribution is 7.99. The van der Waals surface area contributed by atoms with Gasteiger partial charge in [-0.25, -0.2) is 0 Å². The van der Waals surface area contributed by atoms with Gasteiger partial charge in [0.1, 0.15) is 0 Å². The Bertz CT molecular complexity index is 1030. The molecular weight excluding hydrogens is 428 g/mol. The van der Waals surface area contributed by atoms with Crippen molar-refractivity contribution >= 4 is 29.3 Å². The topological polar surface area (TPSA) is 51.0 Å². The van der Waals surface area contributed by atoms with Gasteiger partial charge in [-0.2, -0.15) is 0 Å². The Morgan fingerprint density at radius 1 is 1.03 bits per heavy atom. The maximum atomic E-state index is 13.0. The SMILES string of the molecule is C[C@@H]1CCC[C@@H](C)N1C(=O)CSc1nnc(-c2ccccc2Cl)n1Cc1ccccc1. The van der Waals surface area contributed by atoms with Gasteiger partial charge in [0.25, 0.3) is 0 Å². The van der Waals surface area contributed by atoms with Crippen LogP contribution in [0, 0.1) is 0 Å². The summed E-state index contributed by atoms with van der Waals surface area (Å²) < 4.78 is 2.05. The van der Waals surface area contributed by atoms with E-state index in [1.54, 1.807) is 0 Å². The van der Waals surface area contributed by atoms with Crippen LogP contribution in [0.1, 0.15) is 38.7 Å². The molecule has 1 saturated heterocycles. The molecule has 1 aromatic heterocycles. The smallest absolute Gasteiger partial charge is 0.233 e. The van der Waals surface area contributed by atoms with E-state index in [4.69, 9.17) is 11.6 Å². The van der Waals surface area contributed by atoms with Crippen LogP contribution in [0.4, 0.5) is 0 Å². The summed E-state index contributed by atoms with van der Waals surface area (Å²) in [5, 5.41) is 10.2. The summed E-state index contributed by atoms with van der Waals surface area (Å²) in [6, 6.07) is 18.4. The fraction of sp³-hybridized carbons (Fsp3) is 0.375. The lowest BCUT2D eigenvalue weighted by Gasteiger charge is -2.39. The number of amides is 1. The summed E-state index contributed by atoms with van der Waals surface area (Å²) >= 11 is 7.90. The molecule has 0 spiro atoms. The number of piperidine rings is 1. The molecule has 2 heterocycles. The molecule has 1 amide bonds. The zero-order chi connectivity index (χ0) is 21.8. The normalized spacial score (nSPS) is 18.9. The maximum Gasteiger partial charge on any atom is 0.233 e. The fourth-order valence-electron chi connectivity index (χ4n) is 4.26. The number of thioether (sulfide) groups is 1. The van der Waals surface area contributed by atoms with Crippen molar-refractivity contribution in [1.82, 2.24) is 19.7 Å². The van der Waals surface area contributed by atoms with Crippen molar-refractivity contribution in [3.05, 3.63) is 65.2 Å². The Kier molecular flexibility index (Phi) is 6.98. The molecule has 2 atom stereocenters. The van der Waals surface area contributed by atoms with E-state index in [9.17, 15) is 4.79 Å². The highest BCUT2D eigenvalue weighted by Gasteiger charge is 2.29. The molecule has 0 radical (unpaired) electrons. The number of benzene rings is 2. The lowest BCUT2D eigenvalue weighted by molar-refractivity contribution is -0.134. The van der Waals surface area contributed by atoms with E-state index in [0.717, 1.165) is 29.1 Å². The molecule has 162 valence electrons. The van der Waals surface area contributed by atoms with Gasteiger partial charge in [0.15, 0.2) is 11.0 Å². The Labute approximate surface area is 192 Å². The second kappa shape index (κ2) is 9.88. The molecule has 1 aliphatic heterocycles. The minimum atomic E-state index is 0.165. The largest absolute Gasteiger partial charge is 0.337 e. The van der Waals surface area contributed by atoms with Gasteiger partial charge in [0, 0.05) is 17.6 Å². The molecule has 5 nitrogen and oxygen atoms in total. The first-order valence-electron chi connectivity index (χ1n) is 10.7. The molecule has 0 saturated carbocycles. The van der Waals surface area contributed by atoms with Crippen LogP contribution in [-0.2, 0) is 11.3 Å². The second-order valence-corrected chi connectivity index (χ2v) is 9.43. The van der Waals surface area contributed by atoms with Crippen LogP contribution in [0.3, 0.4) is 0 Å². The van der Waals surface area contributed by atoms with Crippen molar-refractivity contribution in [2.75, 3.05) is 5.75 Å². The highest BCUT2D eigenvalue weighted by Crippen LogP contribution is 2.31. The van der Waals surface area contributed by atoms with Crippen molar-refractivity contribution in [3.8, 4) is 11.4 Å². The third-order valence-corrected chi connectivity index (χ3v) is 7.10. The average Bonchev–Trinajstić information content (AvgIpc) is 3.15. The summed E-state index contributed by atoms with van der Waals surface area (Å²) in [5.41, 5.74) is 1.98. The zero-order valence-electron chi connectivity index (χ0n) is 17.9. The van der Waals surface area contributed by atoms with Crippen LogP contribution in [0.5, 0.6) is 0 Å². The summed E-state index contributed by atoms with van der Waals surface area (Å²) in [5.74, 6) is 1.23. The average molecular weight is 455 g/mol. The molecule has 1 aliphatic rings. The number of nitrogens with zero attached hydrogens (tertiary/aromatic N) is 4. The molecule has 0 bridgehead atoms. The van der Waals surface area contributed by atoms with Gasteiger partial charge in [0.05, 0.1) is 17.3 Å². The van der Waals surface area contributed by atoms with Gasteiger partial charge in [-0.15, -0.1) is 10.2 Å². The Hall–Kier alpha value is -2.31. The quantitative estimate of drug-likeness (QED) is 0.459. The minimum absolute atomic E-state index is 0.165. The molecular formula is C24H27ClN4OS.